The molecule has 8 nitrogen and oxygen atoms in total. The quantitative estimate of drug-likeness (QED) is 0.557. The molecule has 1 saturated heterocycles. The minimum Gasteiger partial charge on any atom is -0.496 e. The van der Waals surface area contributed by atoms with Gasteiger partial charge in [-0.2, -0.15) is 4.98 Å². The topological polar surface area (TPSA) is 84.6 Å². The second-order valence-electron chi connectivity index (χ2n) is 7.34. The van der Waals surface area contributed by atoms with E-state index in [9.17, 15) is 4.79 Å². The zero-order chi connectivity index (χ0) is 21.6. The molecule has 0 unspecified atom stereocenters. The number of aryl methyl sites for hydroxylation is 1. The number of hydrogen-bond acceptors (Lipinski definition) is 7. The lowest BCUT2D eigenvalue weighted by Gasteiger charge is -2.35. The molecule has 3 aromatic rings. The van der Waals surface area contributed by atoms with Gasteiger partial charge in [0.2, 0.25) is 17.6 Å². The van der Waals surface area contributed by atoms with Gasteiger partial charge in [-0.05, 0) is 30.3 Å². The minimum absolute atomic E-state index is 0.0950. The lowest BCUT2D eigenvalue weighted by molar-refractivity contribution is -0.133. The second kappa shape index (κ2) is 9.89. The largest absolute Gasteiger partial charge is 0.496 e. The highest BCUT2D eigenvalue weighted by Crippen LogP contribution is 2.24. The van der Waals surface area contributed by atoms with E-state index in [1.807, 2.05) is 41.3 Å². The predicted octanol–water partition coefficient (Wildman–Crippen LogP) is 3.07. The van der Waals surface area contributed by atoms with Crippen LogP contribution in [0.2, 0.25) is 5.02 Å². The van der Waals surface area contributed by atoms with Crippen molar-refractivity contribution in [3.8, 4) is 17.3 Å². The van der Waals surface area contributed by atoms with Gasteiger partial charge < -0.3 is 14.2 Å². The number of hydrogen-bond donors (Lipinski definition) is 0. The monoisotopic (exact) mass is 441 g/mol. The number of amides is 1. The number of carbonyl (C=O) groups is 1. The fourth-order valence-corrected chi connectivity index (χ4v) is 3.79. The summed E-state index contributed by atoms with van der Waals surface area (Å²) in [4.78, 5) is 25.4. The Morgan fingerprint density at radius 3 is 2.77 bits per heavy atom. The molecule has 31 heavy (non-hydrogen) atoms. The molecule has 1 aliphatic heterocycles. The SMILES string of the molecule is COc1ccc(Cl)cc1CN1CCN(C(=O)CCc2nc(-c3ccccn3)no2)CC1. The zero-order valence-electron chi connectivity index (χ0n) is 17.3. The van der Waals surface area contributed by atoms with Crippen molar-refractivity contribution < 1.29 is 14.1 Å². The average molecular weight is 442 g/mol. The number of methoxy groups -OCH3 is 1. The van der Waals surface area contributed by atoms with Gasteiger partial charge in [0.25, 0.3) is 0 Å². The standard InChI is InChI=1S/C22H24ClN5O3/c1-30-19-6-5-17(23)14-16(19)15-27-10-12-28(13-11-27)21(29)8-7-20-25-22(26-31-20)18-4-2-3-9-24-18/h2-6,9,14H,7-8,10-13,15H2,1H3. The van der Waals surface area contributed by atoms with Crippen LogP contribution in [0.4, 0.5) is 0 Å². The fourth-order valence-electron chi connectivity index (χ4n) is 3.59. The molecule has 1 aromatic carbocycles. The summed E-state index contributed by atoms with van der Waals surface area (Å²) in [6.45, 7) is 3.71. The number of ether oxygens (including phenoxy) is 1. The molecular weight excluding hydrogens is 418 g/mol. The van der Waals surface area contributed by atoms with Crippen LogP contribution in [-0.4, -0.2) is 64.1 Å². The molecule has 0 spiro atoms. The summed E-state index contributed by atoms with van der Waals surface area (Å²) in [6.07, 6.45) is 2.43. The third kappa shape index (κ3) is 5.39. The summed E-state index contributed by atoms with van der Waals surface area (Å²) in [7, 11) is 1.66. The number of benzene rings is 1. The van der Waals surface area contributed by atoms with E-state index in [1.54, 1.807) is 13.3 Å². The Bertz CT molecular complexity index is 1020. The van der Waals surface area contributed by atoms with Gasteiger partial charge in [0.15, 0.2) is 0 Å². The third-order valence-electron chi connectivity index (χ3n) is 5.28. The van der Waals surface area contributed by atoms with Gasteiger partial charge in [-0.25, -0.2) is 0 Å². The van der Waals surface area contributed by atoms with Crippen LogP contribution in [0, 0.1) is 0 Å². The van der Waals surface area contributed by atoms with E-state index in [2.05, 4.69) is 20.0 Å². The first-order chi connectivity index (χ1) is 15.1. The molecule has 1 fully saturated rings. The van der Waals surface area contributed by atoms with Gasteiger partial charge in [0.1, 0.15) is 11.4 Å². The summed E-state index contributed by atoms with van der Waals surface area (Å²) in [5.74, 6) is 1.80. The van der Waals surface area contributed by atoms with Gasteiger partial charge in [-0.1, -0.05) is 22.8 Å². The van der Waals surface area contributed by atoms with Crippen LogP contribution in [0.25, 0.3) is 11.5 Å². The van der Waals surface area contributed by atoms with E-state index in [0.29, 0.717) is 48.4 Å². The van der Waals surface area contributed by atoms with E-state index < -0.39 is 0 Å². The molecule has 0 bridgehead atoms. The summed E-state index contributed by atoms with van der Waals surface area (Å²) in [6, 6.07) is 11.1. The number of halogens is 1. The summed E-state index contributed by atoms with van der Waals surface area (Å²) in [5, 5.41) is 4.64. The van der Waals surface area contributed by atoms with Gasteiger partial charge in [0, 0.05) is 62.3 Å². The Kier molecular flexibility index (Phi) is 6.79. The van der Waals surface area contributed by atoms with Crippen LogP contribution >= 0.6 is 11.6 Å². The molecular formula is C22H24ClN5O3. The van der Waals surface area contributed by atoms with E-state index in [4.69, 9.17) is 20.9 Å². The Labute approximate surface area is 185 Å². The van der Waals surface area contributed by atoms with Crippen molar-refractivity contribution in [3.05, 3.63) is 59.1 Å². The van der Waals surface area contributed by atoms with Crippen molar-refractivity contribution in [3.63, 3.8) is 0 Å². The van der Waals surface area contributed by atoms with Crippen molar-refractivity contribution in [1.29, 1.82) is 0 Å². The van der Waals surface area contributed by atoms with Crippen LogP contribution in [0.1, 0.15) is 17.9 Å². The Morgan fingerprint density at radius 1 is 1.19 bits per heavy atom. The average Bonchev–Trinajstić information content (AvgIpc) is 3.28. The maximum Gasteiger partial charge on any atom is 0.227 e. The van der Waals surface area contributed by atoms with Gasteiger partial charge in [0.05, 0.1) is 7.11 Å². The Balaban J connectivity index is 1.25. The molecule has 2 aromatic heterocycles. The van der Waals surface area contributed by atoms with Gasteiger partial charge in [-0.3, -0.25) is 14.7 Å². The first-order valence-corrected chi connectivity index (χ1v) is 10.6. The molecule has 1 amide bonds. The van der Waals surface area contributed by atoms with Crippen molar-refractivity contribution >= 4 is 17.5 Å². The first kappa shape index (κ1) is 21.3. The number of nitrogens with zero attached hydrogens (tertiary/aromatic N) is 5. The maximum absolute atomic E-state index is 12.6. The third-order valence-corrected chi connectivity index (χ3v) is 5.51. The number of aromatic nitrogens is 3. The molecule has 0 aliphatic carbocycles. The summed E-state index contributed by atoms with van der Waals surface area (Å²) < 4.78 is 10.7. The number of piperazine rings is 1. The maximum atomic E-state index is 12.6. The van der Waals surface area contributed by atoms with E-state index in [1.165, 1.54) is 0 Å². The molecule has 0 atom stereocenters. The number of carbonyl (C=O) groups excluding carboxylic acids is 1. The lowest BCUT2D eigenvalue weighted by Crippen LogP contribution is -2.48. The first-order valence-electron chi connectivity index (χ1n) is 10.2. The van der Waals surface area contributed by atoms with Crippen LogP contribution in [0.3, 0.4) is 0 Å². The predicted molar refractivity (Wildman–Crippen MR) is 116 cm³/mol. The van der Waals surface area contributed by atoms with Gasteiger partial charge >= 0.3 is 0 Å². The lowest BCUT2D eigenvalue weighted by atomic mass is 10.1. The minimum atomic E-state index is 0.0950. The molecule has 1 aliphatic rings. The highest BCUT2D eigenvalue weighted by atomic mass is 35.5. The van der Waals surface area contributed by atoms with Crippen LogP contribution in [0.5, 0.6) is 5.75 Å². The summed E-state index contributed by atoms with van der Waals surface area (Å²) >= 11 is 6.13. The van der Waals surface area contributed by atoms with Crippen LogP contribution < -0.4 is 4.74 Å². The highest BCUT2D eigenvalue weighted by molar-refractivity contribution is 6.30. The van der Waals surface area contributed by atoms with Crippen molar-refractivity contribution in [2.75, 3.05) is 33.3 Å². The van der Waals surface area contributed by atoms with E-state index in [-0.39, 0.29) is 5.91 Å². The molecule has 4 rings (SSSR count). The van der Waals surface area contributed by atoms with Crippen LogP contribution in [0.15, 0.2) is 47.1 Å². The number of pyridine rings is 1. The van der Waals surface area contributed by atoms with Crippen molar-refractivity contribution in [2.45, 2.75) is 19.4 Å². The van der Waals surface area contributed by atoms with Crippen molar-refractivity contribution in [2.24, 2.45) is 0 Å². The van der Waals surface area contributed by atoms with E-state index in [0.717, 1.165) is 30.9 Å². The summed E-state index contributed by atoms with van der Waals surface area (Å²) in [5.41, 5.74) is 1.70. The zero-order valence-corrected chi connectivity index (χ0v) is 18.1. The molecule has 9 heteroatoms. The van der Waals surface area contributed by atoms with Gasteiger partial charge in [-0.15, -0.1) is 0 Å². The molecule has 0 N–H and O–H groups in total. The highest BCUT2D eigenvalue weighted by Gasteiger charge is 2.22. The molecule has 0 radical (unpaired) electrons. The van der Waals surface area contributed by atoms with E-state index >= 15 is 0 Å². The number of rotatable bonds is 7. The Hall–Kier alpha value is -2.97. The normalized spacial score (nSPS) is 14.6. The smallest absolute Gasteiger partial charge is 0.227 e. The van der Waals surface area contributed by atoms with Crippen LogP contribution in [-0.2, 0) is 17.8 Å². The molecule has 0 saturated carbocycles. The fraction of sp³-hybridized carbons (Fsp3) is 0.364. The molecule has 3 heterocycles. The second-order valence-corrected chi connectivity index (χ2v) is 7.78. The molecule has 162 valence electrons. The Morgan fingerprint density at radius 2 is 2.03 bits per heavy atom. The van der Waals surface area contributed by atoms with Crippen molar-refractivity contribution in [1.82, 2.24) is 24.9 Å².